The summed E-state index contributed by atoms with van der Waals surface area (Å²) in [6.07, 6.45) is 1.49. The van der Waals surface area contributed by atoms with Crippen molar-refractivity contribution in [3.8, 4) is 11.4 Å². The predicted octanol–water partition coefficient (Wildman–Crippen LogP) is 3.35. The van der Waals surface area contributed by atoms with Gasteiger partial charge in [0, 0.05) is 19.2 Å². The molecule has 3 rings (SSSR count). The standard InChI is InChI=1S/C20H23FN6/c1-13-7-8-16(10-18(13)21)14(2)26-20(22-3)23-11-15-5-4-6-17(9-15)19-24-12-25-27-19/h4-10,12,14H,11H2,1-3H3,(H2,22,23,26)(H,24,25,27). The number of guanidine groups is 1. The summed E-state index contributed by atoms with van der Waals surface area (Å²) >= 11 is 0. The van der Waals surface area contributed by atoms with Gasteiger partial charge in [-0.25, -0.2) is 9.37 Å². The van der Waals surface area contributed by atoms with Crippen molar-refractivity contribution in [2.45, 2.75) is 26.4 Å². The van der Waals surface area contributed by atoms with Gasteiger partial charge in [-0.1, -0.05) is 30.3 Å². The van der Waals surface area contributed by atoms with E-state index in [1.165, 1.54) is 6.33 Å². The molecule has 0 radical (unpaired) electrons. The molecule has 1 heterocycles. The highest BCUT2D eigenvalue weighted by Gasteiger charge is 2.10. The number of aromatic amines is 1. The van der Waals surface area contributed by atoms with E-state index in [0.29, 0.717) is 18.1 Å². The van der Waals surface area contributed by atoms with Crippen LogP contribution in [0.25, 0.3) is 11.4 Å². The fourth-order valence-electron chi connectivity index (χ4n) is 2.72. The monoisotopic (exact) mass is 366 g/mol. The highest BCUT2D eigenvalue weighted by molar-refractivity contribution is 5.80. The molecule has 0 spiro atoms. The SMILES string of the molecule is CN=C(NCc1cccc(-c2ncn[nH]2)c1)NC(C)c1ccc(C)c(F)c1. The second-order valence-corrected chi connectivity index (χ2v) is 6.33. The number of aliphatic imine (C=N–C) groups is 1. The highest BCUT2D eigenvalue weighted by atomic mass is 19.1. The van der Waals surface area contributed by atoms with Crippen LogP contribution < -0.4 is 10.6 Å². The summed E-state index contributed by atoms with van der Waals surface area (Å²) in [5, 5.41) is 13.3. The van der Waals surface area contributed by atoms with Crippen LogP contribution in [-0.2, 0) is 6.54 Å². The quantitative estimate of drug-likeness (QED) is 0.478. The van der Waals surface area contributed by atoms with E-state index >= 15 is 0 Å². The molecule has 0 saturated carbocycles. The van der Waals surface area contributed by atoms with Crippen molar-refractivity contribution in [3.63, 3.8) is 0 Å². The molecular weight excluding hydrogens is 343 g/mol. The Bertz CT molecular complexity index is 920. The number of halogens is 1. The molecule has 0 aliphatic rings. The van der Waals surface area contributed by atoms with Crippen LogP contribution in [0.15, 0.2) is 53.8 Å². The summed E-state index contributed by atoms with van der Waals surface area (Å²) < 4.78 is 13.8. The van der Waals surface area contributed by atoms with Gasteiger partial charge in [-0.15, -0.1) is 0 Å². The van der Waals surface area contributed by atoms with Gasteiger partial charge in [0.2, 0.25) is 0 Å². The maximum absolute atomic E-state index is 13.8. The van der Waals surface area contributed by atoms with Crippen molar-refractivity contribution in [2.24, 2.45) is 4.99 Å². The predicted molar refractivity (Wildman–Crippen MR) is 105 cm³/mol. The number of hydrogen-bond donors (Lipinski definition) is 3. The molecule has 6 nitrogen and oxygen atoms in total. The number of aromatic nitrogens is 3. The number of rotatable bonds is 5. The van der Waals surface area contributed by atoms with Crippen molar-refractivity contribution in [2.75, 3.05) is 7.05 Å². The summed E-state index contributed by atoms with van der Waals surface area (Å²) in [6, 6.07) is 13.2. The molecule has 140 valence electrons. The lowest BCUT2D eigenvalue weighted by atomic mass is 10.1. The maximum atomic E-state index is 13.8. The van der Waals surface area contributed by atoms with Gasteiger partial charge in [0.1, 0.15) is 12.1 Å². The number of nitrogens with zero attached hydrogens (tertiary/aromatic N) is 3. The van der Waals surface area contributed by atoms with E-state index in [0.717, 1.165) is 22.5 Å². The number of benzene rings is 2. The molecule has 0 aliphatic heterocycles. The minimum absolute atomic E-state index is 0.0770. The van der Waals surface area contributed by atoms with E-state index < -0.39 is 0 Å². The van der Waals surface area contributed by atoms with Crippen LogP contribution in [0.4, 0.5) is 4.39 Å². The third-order valence-corrected chi connectivity index (χ3v) is 4.35. The van der Waals surface area contributed by atoms with Crippen LogP contribution in [0.1, 0.15) is 29.7 Å². The minimum atomic E-state index is -0.201. The van der Waals surface area contributed by atoms with Gasteiger partial charge in [0.25, 0.3) is 0 Å². The second kappa shape index (κ2) is 8.44. The lowest BCUT2D eigenvalue weighted by molar-refractivity contribution is 0.607. The first kappa shape index (κ1) is 18.6. The Morgan fingerprint density at radius 1 is 1.26 bits per heavy atom. The Morgan fingerprint density at radius 2 is 2.11 bits per heavy atom. The summed E-state index contributed by atoms with van der Waals surface area (Å²) in [7, 11) is 1.71. The van der Waals surface area contributed by atoms with E-state index in [1.807, 2.05) is 37.3 Å². The number of H-pyrrole nitrogens is 1. The van der Waals surface area contributed by atoms with E-state index in [1.54, 1.807) is 26.1 Å². The van der Waals surface area contributed by atoms with Gasteiger partial charge in [-0.3, -0.25) is 10.1 Å². The van der Waals surface area contributed by atoms with Crippen LogP contribution in [0.3, 0.4) is 0 Å². The Hall–Kier alpha value is -3.22. The van der Waals surface area contributed by atoms with Crippen LogP contribution in [-0.4, -0.2) is 28.2 Å². The first-order chi connectivity index (χ1) is 13.1. The first-order valence-corrected chi connectivity index (χ1v) is 8.74. The summed E-state index contributed by atoms with van der Waals surface area (Å²) in [5.74, 6) is 1.18. The largest absolute Gasteiger partial charge is 0.352 e. The maximum Gasteiger partial charge on any atom is 0.191 e. The molecule has 0 saturated heterocycles. The summed E-state index contributed by atoms with van der Waals surface area (Å²) in [5.41, 5.74) is 3.56. The molecule has 1 atom stereocenters. The lowest BCUT2D eigenvalue weighted by Crippen LogP contribution is -2.38. The molecule has 3 N–H and O–H groups in total. The van der Waals surface area contributed by atoms with Crippen molar-refractivity contribution in [1.82, 2.24) is 25.8 Å². The Kier molecular flexibility index (Phi) is 5.80. The summed E-state index contributed by atoms with van der Waals surface area (Å²) in [4.78, 5) is 8.42. The zero-order chi connectivity index (χ0) is 19.2. The van der Waals surface area contributed by atoms with Crippen LogP contribution >= 0.6 is 0 Å². The second-order valence-electron chi connectivity index (χ2n) is 6.33. The number of hydrogen-bond acceptors (Lipinski definition) is 3. The fraction of sp³-hybridized carbons (Fsp3) is 0.250. The average Bonchev–Trinajstić information content (AvgIpc) is 3.22. The Balaban J connectivity index is 1.62. The van der Waals surface area contributed by atoms with Gasteiger partial charge >= 0.3 is 0 Å². The molecular formula is C20H23FN6. The molecule has 0 amide bonds. The molecule has 3 aromatic rings. The summed E-state index contributed by atoms with van der Waals surface area (Å²) in [6.45, 7) is 4.32. The van der Waals surface area contributed by atoms with E-state index in [2.05, 4.69) is 30.8 Å². The molecule has 0 aliphatic carbocycles. The average molecular weight is 366 g/mol. The van der Waals surface area contributed by atoms with Gasteiger partial charge in [0.15, 0.2) is 11.8 Å². The van der Waals surface area contributed by atoms with Crippen molar-refractivity contribution >= 4 is 5.96 Å². The molecule has 2 aromatic carbocycles. The molecule has 7 heteroatoms. The van der Waals surface area contributed by atoms with E-state index in [-0.39, 0.29) is 11.9 Å². The van der Waals surface area contributed by atoms with Gasteiger partial charge in [-0.05, 0) is 42.7 Å². The van der Waals surface area contributed by atoms with Crippen molar-refractivity contribution in [1.29, 1.82) is 0 Å². The van der Waals surface area contributed by atoms with Crippen LogP contribution in [0.5, 0.6) is 0 Å². The van der Waals surface area contributed by atoms with Crippen LogP contribution in [0.2, 0.25) is 0 Å². The van der Waals surface area contributed by atoms with Gasteiger partial charge in [-0.2, -0.15) is 5.10 Å². The number of nitrogens with one attached hydrogen (secondary N) is 3. The minimum Gasteiger partial charge on any atom is -0.352 e. The number of aryl methyl sites for hydroxylation is 1. The topological polar surface area (TPSA) is 78.0 Å². The van der Waals surface area contributed by atoms with Crippen molar-refractivity contribution in [3.05, 3.63) is 71.3 Å². The molecule has 0 fully saturated rings. The zero-order valence-corrected chi connectivity index (χ0v) is 15.6. The fourth-order valence-corrected chi connectivity index (χ4v) is 2.72. The Labute approximate surface area is 158 Å². The zero-order valence-electron chi connectivity index (χ0n) is 15.6. The normalized spacial score (nSPS) is 12.7. The van der Waals surface area contributed by atoms with Gasteiger partial charge < -0.3 is 10.6 Å². The Morgan fingerprint density at radius 3 is 2.81 bits per heavy atom. The van der Waals surface area contributed by atoms with Crippen molar-refractivity contribution < 1.29 is 4.39 Å². The molecule has 1 unspecified atom stereocenters. The molecule has 27 heavy (non-hydrogen) atoms. The van der Waals surface area contributed by atoms with E-state index in [4.69, 9.17) is 0 Å². The smallest absolute Gasteiger partial charge is 0.191 e. The molecule has 0 bridgehead atoms. The lowest BCUT2D eigenvalue weighted by Gasteiger charge is -2.19. The van der Waals surface area contributed by atoms with Crippen LogP contribution in [0, 0.1) is 12.7 Å². The third-order valence-electron chi connectivity index (χ3n) is 4.35. The third kappa shape index (κ3) is 4.69. The van der Waals surface area contributed by atoms with Gasteiger partial charge in [0.05, 0.1) is 6.04 Å². The first-order valence-electron chi connectivity index (χ1n) is 8.74. The van der Waals surface area contributed by atoms with E-state index in [9.17, 15) is 4.39 Å². The highest BCUT2D eigenvalue weighted by Crippen LogP contribution is 2.17. The molecule has 1 aromatic heterocycles.